The van der Waals surface area contributed by atoms with Gasteiger partial charge in [-0.2, -0.15) is 0 Å². The van der Waals surface area contributed by atoms with Gasteiger partial charge in [0.15, 0.2) is 10.9 Å². The van der Waals surface area contributed by atoms with Gasteiger partial charge in [0.05, 0.1) is 25.5 Å². The number of aromatic nitrogens is 3. The zero-order valence-corrected chi connectivity index (χ0v) is 18.0. The second kappa shape index (κ2) is 9.91. The summed E-state index contributed by atoms with van der Waals surface area (Å²) in [5.74, 6) is 1.27. The van der Waals surface area contributed by atoms with Crippen LogP contribution in [0, 0.1) is 0 Å². The number of hydrogen-bond donors (Lipinski definition) is 0. The zero-order chi connectivity index (χ0) is 20.8. The summed E-state index contributed by atoms with van der Waals surface area (Å²) >= 11 is 1.45. The molecule has 1 aliphatic rings. The van der Waals surface area contributed by atoms with Crippen molar-refractivity contribution in [2.45, 2.75) is 25.0 Å². The fourth-order valence-electron chi connectivity index (χ4n) is 3.43. The van der Waals surface area contributed by atoms with E-state index in [-0.39, 0.29) is 5.78 Å². The lowest BCUT2D eigenvalue weighted by Crippen LogP contribution is -2.38. The largest absolute Gasteiger partial charge is 0.378 e. The van der Waals surface area contributed by atoms with Crippen LogP contribution in [0.4, 0.5) is 5.95 Å². The summed E-state index contributed by atoms with van der Waals surface area (Å²) in [6.45, 7) is 5.74. The van der Waals surface area contributed by atoms with Crippen LogP contribution in [0.25, 0.3) is 0 Å². The number of Topliss-reactive ketones (excluding diaryl/α,β-unsaturated/α-hetero) is 1. The van der Waals surface area contributed by atoms with Crippen LogP contribution in [0.2, 0.25) is 0 Å². The van der Waals surface area contributed by atoms with Gasteiger partial charge in [-0.1, -0.05) is 73.3 Å². The third kappa shape index (κ3) is 4.91. The first-order chi connectivity index (χ1) is 14.7. The van der Waals surface area contributed by atoms with Gasteiger partial charge in [0, 0.05) is 18.7 Å². The van der Waals surface area contributed by atoms with Gasteiger partial charge >= 0.3 is 0 Å². The highest BCUT2D eigenvalue weighted by molar-refractivity contribution is 7.99. The molecule has 6 nitrogen and oxygen atoms in total. The van der Waals surface area contributed by atoms with Gasteiger partial charge in [0.2, 0.25) is 5.95 Å². The number of ether oxygens (including phenoxy) is 1. The van der Waals surface area contributed by atoms with Gasteiger partial charge in [0.1, 0.15) is 0 Å². The third-order valence-corrected chi connectivity index (χ3v) is 6.16. The second-order valence-corrected chi connectivity index (χ2v) is 8.16. The minimum atomic E-state index is 0.102. The number of anilines is 1. The molecule has 0 N–H and O–H groups in total. The first-order valence-corrected chi connectivity index (χ1v) is 11.3. The van der Waals surface area contributed by atoms with Crippen LogP contribution >= 0.6 is 11.8 Å². The Labute approximate surface area is 181 Å². The molecule has 2 heterocycles. The van der Waals surface area contributed by atoms with Crippen LogP contribution in [0.15, 0.2) is 59.8 Å². The third-order valence-electron chi connectivity index (χ3n) is 5.19. The highest BCUT2D eigenvalue weighted by Crippen LogP contribution is 2.25. The van der Waals surface area contributed by atoms with Crippen LogP contribution in [0.5, 0.6) is 0 Å². The number of morpholine rings is 1. The average Bonchev–Trinajstić information content (AvgIpc) is 3.21. The van der Waals surface area contributed by atoms with E-state index in [4.69, 9.17) is 4.74 Å². The van der Waals surface area contributed by atoms with E-state index in [1.54, 1.807) is 0 Å². The van der Waals surface area contributed by atoms with E-state index in [0.717, 1.165) is 36.2 Å². The Morgan fingerprint density at radius 3 is 2.43 bits per heavy atom. The summed E-state index contributed by atoms with van der Waals surface area (Å²) in [7, 11) is 0. The molecule has 1 aromatic heterocycles. The Balaban J connectivity index is 1.52. The van der Waals surface area contributed by atoms with Crippen molar-refractivity contribution < 1.29 is 9.53 Å². The van der Waals surface area contributed by atoms with Crippen LogP contribution in [0.1, 0.15) is 28.4 Å². The van der Waals surface area contributed by atoms with E-state index in [0.29, 0.717) is 25.5 Å². The molecule has 4 rings (SSSR count). The molecular weight excluding hydrogens is 396 g/mol. The van der Waals surface area contributed by atoms with Crippen molar-refractivity contribution in [1.82, 2.24) is 14.8 Å². The normalized spacial score (nSPS) is 14.1. The number of aryl methyl sites for hydroxylation is 1. The maximum absolute atomic E-state index is 12.7. The predicted octanol–water partition coefficient (Wildman–Crippen LogP) is 3.70. The number of nitrogens with zero attached hydrogens (tertiary/aromatic N) is 4. The summed E-state index contributed by atoms with van der Waals surface area (Å²) in [6.07, 6.45) is 0.968. The van der Waals surface area contributed by atoms with Crippen LogP contribution < -0.4 is 4.90 Å². The summed E-state index contributed by atoms with van der Waals surface area (Å²) < 4.78 is 7.59. The molecule has 1 aliphatic heterocycles. The summed E-state index contributed by atoms with van der Waals surface area (Å²) in [5, 5.41) is 9.65. The Morgan fingerprint density at radius 1 is 1.00 bits per heavy atom. The molecule has 0 unspecified atom stereocenters. The molecule has 0 aliphatic carbocycles. The van der Waals surface area contributed by atoms with Crippen LogP contribution in [-0.2, 0) is 17.7 Å². The van der Waals surface area contributed by atoms with Crippen molar-refractivity contribution in [3.63, 3.8) is 0 Å². The van der Waals surface area contributed by atoms with Gasteiger partial charge in [-0.25, -0.2) is 0 Å². The maximum Gasteiger partial charge on any atom is 0.228 e. The second-order valence-electron chi connectivity index (χ2n) is 7.22. The molecule has 1 saturated heterocycles. The lowest BCUT2D eigenvalue weighted by molar-refractivity contribution is 0.102. The Bertz CT molecular complexity index is 967. The van der Waals surface area contributed by atoms with Crippen LogP contribution in [0.3, 0.4) is 0 Å². The number of hydrogen-bond acceptors (Lipinski definition) is 6. The highest BCUT2D eigenvalue weighted by Gasteiger charge is 2.21. The van der Waals surface area contributed by atoms with Gasteiger partial charge in [-0.05, 0) is 17.5 Å². The van der Waals surface area contributed by atoms with Crippen molar-refractivity contribution in [3.8, 4) is 0 Å². The molecular formula is C23H26N4O2S. The van der Waals surface area contributed by atoms with E-state index < -0.39 is 0 Å². The topological polar surface area (TPSA) is 60.3 Å². The minimum Gasteiger partial charge on any atom is -0.378 e. The molecule has 0 spiro atoms. The number of benzene rings is 2. The number of ketones is 1. The first-order valence-electron chi connectivity index (χ1n) is 10.3. The van der Waals surface area contributed by atoms with E-state index in [1.165, 1.54) is 22.9 Å². The van der Waals surface area contributed by atoms with Crippen molar-refractivity contribution in [3.05, 3.63) is 71.3 Å². The fraction of sp³-hybridized carbons (Fsp3) is 0.348. The van der Waals surface area contributed by atoms with E-state index >= 15 is 0 Å². The SMILES string of the molecule is CCc1ccc(C(=O)CSc2nnc(N3CCOCC3)n2Cc2ccccc2)cc1. The average molecular weight is 423 g/mol. The number of thioether (sulfide) groups is 1. The summed E-state index contributed by atoms with van der Waals surface area (Å²) in [6, 6.07) is 18.1. The Hall–Kier alpha value is -2.64. The standard InChI is InChI=1S/C23H26N4O2S/c1-2-18-8-10-20(11-9-18)21(28)17-30-23-25-24-22(26-12-14-29-15-13-26)27(23)16-19-6-4-3-5-7-19/h3-11H,2,12-17H2,1H3. The smallest absolute Gasteiger partial charge is 0.228 e. The quantitative estimate of drug-likeness (QED) is 0.408. The van der Waals surface area contributed by atoms with E-state index in [2.05, 4.69) is 38.7 Å². The summed E-state index contributed by atoms with van der Waals surface area (Å²) in [5.41, 5.74) is 3.15. The molecule has 30 heavy (non-hydrogen) atoms. The first kappa shape index (κ1) is 20.6. The summed E-state index contributed by atoms with van der Waals surface area (Å²) in [4.78, 5) is 14.9. The molecule has 0 amide bonds. The zero-order valence-electron chi connectivity index (χ0n) is 17.2. The van der Waals surface area contributed by atoms with Gasteiger partial charge in [0.25, 0.3) is 0 Å². The lowest BCUT2D eigenvalue weighted by atomic mass is 10.1. The van der Waals surface area contributed by atoms with Crippen molar-refractivity contribution >= 4 is 23.5 Å². The molecule has 0 bridgehead atoms. The van der Waals surface area contributed by atoms with E-state index in [9.17, 15) is 4.79 Å². The molecule has 156 valence electrons. The van der Waals surface area contributed by atoms with Crippen molar-refractivity contribution in [2.75, 3.05) is 37.0 Å². The lowest BCUT2D eigenvalue weighted by Gasteiger charge is -2.28. The highest BCUT2D eigenvalue weighted by atomic mass is 32.2. The van der Waals surface area contributed by atoms with Gasteiger partial charge < -0.3 is 9.64 Å². The van der Waals surface area contributed by atoms with Gasteiger partial charge in [-0.3, -0.25) is 9.36 Å². The number of rotatable bonds is 8. The van der Waals surface area contributed by atoms with Crippen molar-refractivity contribution in [1.29, 1.82) is 0 Å². The molecule has 3 aromatic rings. The maximum atomic E-state index is 12.7. The van der Waals surface area contributed by atoms with Gasteiger partial charge in [-0.15, -0.1) is 10.2 Å². The van der Waals surface area contributed by atoms with E-state index in [1.807, 2.05) is 42.5 Å². The molecule has 0 atom stereocenters. The van der Waals surface area contributed by atoms with Crippen molar-refractivity contribution in [2.24, 2.45) is 0 Å². The molecule has 0 saturated carbocycles. The molecule has 0 radical (unpaired) electrons. The fourth-order valence-corrected chi connectivity index (χ4v) is 4.26. The Kier molecular flexibility index (Phi) is 6.81. The Morgan fingerprint density at radius 2 is 1.73 bits per heavy atom. The predicted molar refractivity (Wildman–Crippen MR) is 119 cm³/mol. The monoisotopic (exact) mass is 422 g/mol. The molecule has 2 aromatic carbocycles. The molecule has 7 heteroatoms. The number of carbonyl (C=O) groups excluding carboxylic acids is 1. The number of carbonyl (C=O) groups is 1. The van der Waals surface area contributed by atoms with Crippen LogP contribution in [-0.4, -0.2) is 52.6 Å². The minimum absolute atomic E-state index is 0.102. The molecule has 1 fully saturated rings.